The van der Waals surface area contributed by atoms with Crippen LogP contribution in [0.25, 0.3) is 0 Å². The van der Waals surface area contributed by atoms with Gasteiger partial charge in [-0.15, -0.1) is 0 Å². The van der Waals surface area contributed by atoms with E-state index in [2.05, 4.69) is 0 Å². The molecule has 6 nitrogen and oxygen atoms in total. The van der Waals surface area contributed by atoms with Crippen molar-refractivity contribution in [3.05, 3.63) is 18.2 Å². The minimum Gasteiger partial charge on any atom is -0.493 e. The predicted molar refractivity (Wildman–Crippen MR) is 72.6 cm³/mol. The Balaban J connectivity index is 1.79. The first-order chi connectivity index (χ1) is 9.43. The summed E-state index contributed by atoms with van der Waals surface area (Å²) in [6, 6.07) is 5.48. The van der Waals surface area contributed by atoms with Gasteiger partial charge >= 0.3 is 0 Å². The molecule has 1 fully saturated rings. The van der Waals surface area contributed by atoms with E-state index in [0.717, 1.165) is 0 Å². The molecular weight excluding hydrogens is 282 g/mol. The first-order valence-corrected chi connectivity index (χ1v) is 8.28. The van der Waals surface area contributed by atoms with E-state index in [0.29, 0.717) is 43.2 Å². The van der Waals surface area contributed by atoms with Gasteiger partial charge in [-0.2, -0.15) is 0 Å². The Labute approximate surface area is 118 Å². The molecule has 0 aromatic heterocycles. The summed E-state index contributed by atoms with van der Waals surface area (Å²) >= 11 is 0. The number of ether oxygens (including phenoxy) is 3. The van der Waals surface area contributed by atoms with Crippen molar-refractivity contribution in [2.75, 3.05) is 26.5 Å². The van der Waals surface area contributed by atoms with Crippen molar-refractivity contribution in [2.45, 2.75) is 18.6 Å². The van der Waals surface area contributed by atoms with Crippen LogP contribution >= 0.6 is 0 Å². The third kappa shape index (κ3) is 2.20. The van der Waals surface area contributed by atoms with Crippen LogP contribution in [0.3, 0.4) is 0 Å². The van der Waals surface area contributed by atoms with Crippen LogP contribution in [-0.4, -0.2) is 45.0 Å². The third-order valence-electron chi connectivity index (χ3n) is 3.70. The first kappa shape index (κ1) is 13.5. The topological polar surface area (TPSA) is 65.1 Å². The fourth-order valence-electron chi connectivity index (χ4n) is 2.61. The van der Waals surface area contributed by atoms with E-state index < -0.39 is 15.8 Å². The van der Waals surface area contributed by atoms with E-state index in [9.17, 15) is 8.42 Å². The molecule has 1 saturated heterocycles. The number of benzene rings is 1. The summed E-state index contributed by atoms with van der Waals surface area (Å²) in [4.78, 5) is 0. The molecule has 1 spiro atoms. The lowest BCUT2D eigenvalue weighted by Gasteiger charge is -2.36. The van der Waals surface area contributed by atoms with E-state index in [1.807, 2.05) is 18.2 Å². The van der Waals surface area contributed by atoms with Gasteiger partial charge < -0.3 is 14.2 Å². The average Bonchev–Trinajstić information content (AvgIpc) is 2.75. The van der Waals surface area contributed by atoms with Crippen LogP contribution in [0.5, 0.6) is 17.2 Å². The number of piperidine rings is 1. The average molecular weight is 299 g/mol. The lowest BCUT2D eigenvalue weighted by Crippen LogP contribution is -2.50. The fraction of sp³-hybridized carbons (Fsp3) is 0.538. The Morgan fingerprint density at radius 3 is 2.55 bits per heavy atom. The van der Waals surface area contributed by atoms with Gasteiger partial charge in [0, 0.05) is 25.9 Å². The van der Waals surface area contributed by atoms with Crippen molar-refractivity contribution in [1.29, 1.82) is 0 Å². The van der Waals surface area contributed by atoms with Gasteiger partial charge in [0.25, 0.3) is 5.79 Å². The molecule has 7 heteroatoms. The maximum atomic E-state index is 11.5. The van der Waals surface area contributed by atoms with Gasteiger partial charge in [0.15, 0.2) is 11.5 Å². The highest BCUT2D eigenvalue weighted by atomic mass is 32.2. The third-order valence-corrected chi connectivity index (χ3v) is 5.00. The van der Waals surface area contributed by atoms with Gasteiger partial charge in [0.2, 0.25) is 15.8 Å². The summed E-state index contributed by atoms with van der Waals surface area (Å²) in [5.41, 5.74) is 0. The molecule has 0 unspecified atom stereocenters. The zero-order chi connectivity index (χ0) is 14.4. The van der Waals surface area contributed by atoms with Crippen molar-refractivity contribution in [3.63, 3.8) is 0 Å². The molecule has 2 aliphatic heterocycles. The van der Waals surface area contributed by atoms with Crippen molar-refractivity contribution in [3.8, 4) is 17.2 Å². The highest BCUT2D eigenvalue weighted by molar-refractivity contribution is 7.88. The minimum atomic E-state index is -3.15. The second kappa shape index (κ2) is 4.53. The molecule has 3 rings (SSSR count). The zero-order valence-electron chi connectivity index (χ0n) is 11.5. The number of methoxy groups -OCH3 is 1. The summed E-state index contributed by atoms with van der Waals surface area (Å²) in [6.45, 7) is 0.796. The molecule has 0 N–H and O–H groups in total. The highest BCUT2D eigenvalue weighted by Gasteiger charge is 2.46. The Bertz CT molecular complexity index is 620. The molecule has 0 amide bonds. The van der Waals surface area contributed by atoms with Crippen LogP contribution in [0.2, 0.25) is 0 Å². The van der Waals surface area contributed by atoms with Crippen LogP contribution in [0.1, 0.15) is 12.8 Å². The Morgan fingerprint density at radius 1 is 1.25 bits per heavy atom. The number of hydrogen-bond acceptors (Lipinski definition) is 5. The second-order valence-electron chi connectivity index (χ2n) is 5.06. The molecule has 1 aromatic rings. The molecule has 20 heavy (non-hydrogen) atoms. The van der Waals surface area contributed by atoms with Crippen LogP contribution in [0.4, 0.5) is 0 Å². The van der Waals surface area contributed by atoms with Gasteiger partial charge in [-0.1, -0.05) is 6.07 Å². The molecule has 0 bridgehead atoms. The van der Waals surface area contributed by atoms with Crippen LogP contribution < -0.4 is 14.2 Å². The molecular formula is C13H17NO5S. The number of hydrogen-bond donors (Lipinski definition) is 0. The maximum Gasteiger partial charge on any atom is 0.254 e. The number of fused-ring (bicyclic) bond motifs is 1. The molecule has 110 valence electrons. The maximum absolute atomic E-state index is 11.5. The normalized spacial score (nSPS) is 21.1. The highest BCUT2D eigenvalue weighted by Crippen LogP contribution is 2.48. The molecule has 1 aromatic carbocycles. The standard InChI is InChI=1S/C13H17NO5S/c1-17-10-4-3-5-11-12(10)19-13(18-11)6-8-14(9-7-13)20(2,15)16/h3-5H,6-9H2,1-2H3. The fourth-order valence-corrected chi connectivity index (χ4v) is 3.45. The van der Waals surface area contributed by atoms with Crippen LogP contribution in [0, 0.1) is 0 Å². The van der Waals surface area contributed by atoms with Gasteiger partial charge in [-0.05, 0) is 12.1 Å². The van der Waals surface area contributed by atoms with Gasteiger partial charge in [-0.3, -0.25) is 0 Å². The van der Waals surface area contributed by atoms with E-state index in [4.69, 9.17) is 14.2 Å². The van der Waals surface area contributed by atoms with Crippen molar-refractivity contribution < 1.29 is 22.6 Å². The molecule has 0 saturated carbocycles. The summed E-state index contributed by atoms with van der Waals surface area (Å²) < 4.78 is 41.6. The Hall–Kier alpha value is -1.47. The second-order valence-corrected chi connectivity index (χ2v) is 7.05. The number of rotatable bonds is 2. The van der Waals surface area contributed by atoms with Gasteiger partial charge in [-0.25, -0.2) is 12.7 Å². The van der Waals surface area contributed by atoms with E-state index >= 15 is 0 Å². The largest absolute Gasteiger partial charge is 0.493 e. The smallest absolute Gasteiger partial charge is 0.254 e. The van der Waals surface area contributed by atoms with E-state index in [1.165, 1.54) is 10.6 Å². The zero-order valence-corrected chi connectivity index (χ0v) is 12.3. The van der Waals surface area contributed by atoms with Crippen LogP contribution in [-0.2, 0) is 10.0 Å². The SMILES string of the molecule is COc1cccc2c1OC1(CCN(S(C)(=O)=O)CC1)O2. The lowest BCUT2D eigenvalue weighted by atomic mass is 10.1. The lowest BCUT2D eigenvalue weighted by molar-refractivity contribution is -0.110. The summed E-state index contributed by atoms with van der Waals surface area (Å²) in [7, 11) is -1.58. The molecule has 2 aliphatic rings. The van der Waals surface area contributed by atoms with E-state index in [1.54, 1.807) is 7.11 Å². The van der Waals surface area contributed by atoms with Gasteiger partial charge in [0.05, 0.1) is 13.4 Å². The molecule has 0 aliphatic carbocycles. The number of sulfonamides is 1. The van der Waals surface area contributed by atoms with Crippen LogP contribution in [0.15, 0.2) is 18.2 Å². The van der Waals surface area contributed by atoms with Crippen molar-refractivity contribution in [1.82, 2.24) is 4.31 Å². The summed E-state index contributed by atoms with van der Waals surface area (Å²) in [5.74, 6) is 1.11. The number of para-hydroxylation sites is 1. The van der Waals surface area contributed by atoms with Crippen molar-refractivity contribution in [2.24, 2.45) is 0 Å². The van der Waals surface area contributed by atoms with Crippen molar-refractivity contribution >= 4 is 10.0 Å². The van der Waals surface area contributed by atoms with Gasteiger partial charge in [0.1, 0.15) is 0 Å². The summed E-state index contributed by atoms with van der Waals surface area (Å²) in [5, 5.41) is 0. The molecule has 0 radical (unpaired) electrons. The number of nitrogens with zero attached hydrogens (tertiary/aromatic N) is 1. The monoisotopic (exact) mass is 299 g/mol. The van der Waals surface area contributed by atoms with E-state index in [-0.39, 0.29) is 0 Å². The first-order valence-electron chi connectivity index (χ1n) is 6.44. The summed E-state index contributed by atoms with van der Waals surface area (Å²) in [6.07, 6.45) is 2.22. The predicted octanol–water partition coefficient (Wildman–Crippen LogP) is 1.22. The molecule has 2 heterocycles. The Morgan fingerprint density at radius 2 is 1.95 bits per heavy atom. The Kier molecular flexibility index (Phi) is 3.06. The quantitative estimate of drug-likeness (QED) is 0.821. The minimum absolute atomic E-state index is 0.398. The molecule has 0 atom stereocenters.